The van der Waals surface area contributed by atoms with Crippen LogP contribution < -0.4 is 11.1 Å². The molecule has 0 saturated heterocycles. The lowest BCUT2D eigenvalue weighted by molar-refractivity contribution is -0.122. The van der Waals surface area contributed by atoms with Gasteiger partial charge in [-0.1, -0.05) is 0 Å². The first kappa shape index (κ1) is 11.1. The van der Waals surface area contributed by atoms with Gasteiger partial charge in [0.15, 0.2) is 5.82 Å². The smallest absolute Gasteiger partial charge is 0.243 e. The molecule has 0 aromatic carbocycles. The molecule has 0 saturated carbocycles. The molecule has 0 unspecified atom stereocenters. The number of carbonyl (C=O) groups excluding carboxylic acids is 1. The fourth-order valence-electron chi connectivity index (χ4n) is 1.27. The van der Waals surface area contributed by atoms with E-state index in [1.165, 1.54) is 11.0 Å². The van der Waals surface area contributed by atoms with Crippen molar-refractivity contribution in [1.29, 1.82) is 0 Å². The van der Waals surface area contributed by atoms with E-state index in [0.717, 1.165) is 5.56 Å². The summed E-state index contributed by atoms with van der Waals surface area (Å²) in [6.45, 7) is 0.514. The Kier molecular flexibility index (Phi) is 3.29. The van der Waals surface area contributed by atoms with E-state index < -0.39 is 0 Å². The van der Waals surface area contributed by atoms with E-state index in [9.17, 15) is 4.79 Å². The minimum absolute atomic E-state index is 0.0578. The van der Waals surface area contributed by atoms with Crippen LogP contribution in [-0.4, -0.2) is 25.9 Å². The second-order valence-corrected chi connectivity index (χ2v) is 3.43. The number of amides is 1. The zero-order valence-electron chi connectivity index (χ0n) is 9.08. The van der Waals surface area contributed by atoms with Crippen molar-refractivity contribution in [2.24, 2.45) is 0 Å². The number of anilines is 1. The van der Waals surface area contributed by atoms with E-state index in [-0.39, 0.29) is 12.5 Å². The van der Waals surface area contributed by atoms with Gasteiger partial charge in [0.05, 0.1) is 6.20 Å². The maximum Gasteiger partial charge on any atom is 0.243 e. The molecule has 2 aromatic rings. The Morgan fingerprint density at radius 1 is 1.41 bits per heavy atom. The number of aromatic nitrogens is 4. The highest BCUT2D eigenvalue weighted by molar-refractivity contribution is 5.75. The van der Waals surface area contributed by atoms with Crippen molar-refractivity contribution in [3.05, 3.63) is 36.3 Å². The van der Waals surface area contributed by atoms with Crippen LogP contribution in [0.3, 0.4) is 0 Å². The van der Waals surface area contributed by atoms with Crippen LogP contribution in [0.4, 0.5) is 5.82 Å². The Balaban J connectivity index is 1.82. The minimum atomic E-state index is -0.169. The lowest BCUT2D eigenvalue weighted by Gasteiger charge is -2.04. The Morgan fingerprint density at radius 3 is 2.82 bits per heavy atom. The van der Waals surface area contributed by atoms with E-state index in [1.54, 1.807) is 12.4 Å². The molecule has 0 bridgehead atoms. The standard InChI is InChI=1S/C10H12N6O/c11-9-6-14-16(15-9)7-10(17)13-5-8-1-3-12-4-2-8/h1-4,6H,5,7H2,(H2,11,15)(H,13,17). The molecule has 0 radical (unpaired) electrons. The largest absolute Gasteiger partial charge is 0.381 e. The first-order valence-corrected chi connectivity index (χ1v) is 5.05. The van der Waals surface area contributed by atoms with E-state index >= 15 is 0 Å². The summed E-state index contributed by atoms with van der Waals surface area (Å²) >= 11 is 0. The highest BCUT2D eigenvalue weighted by Gasteiger charge is 2.04. The average Bonchev–Trinajstić information content (AvgIpc) is 2.73. The number of hydrogen-bond acceptors (Lipinski definition) is 5. The average molecular weight is 232 g/mol. The Labute approximate surface area is 97.6 Å². The highest BCUT2D eigenvalue weighted by Crippen LogP contribution is 1.95. The van der Waals surface area contributed by atoms with Crippen LogP contribution >= 0.6 is 0 Å². The van der Waals surface area contributed by atoms with Crippen LogP contribution in [0.5, 0.6) is 0 Å². The summed E-state index contributed by atoms with van der Waals surface area (Å²) in [7, 11) is 0. The molecule has 3 N–H and O–H groups in total. The lowest BCUT2D eigenvalue weighted by Crippen LogP contribution is -2.28. The monoisotopic (exact) mass is 232 g/mol. The highest BCUT2D eigenvalue weighted by atomic mass is 16.2. The molecule has 17 heavy (non-hydrogen) atoms. The van der Waals surface area contributed by atoms with Gasteiger partial charge in [0.2, 0.25) is 5.91 Å². The van der Waals surface area contributed by atoms with E-state index in [4.69, 9.17) is 5.73 Å². The molecule has 88 valence electrons. The van der Waals surface area contributed by atoms with E-state index in [1.807, 2.05) is 12.1 Å². The summed E-state index contributed by atoms with van der Waals surface area (Å²) in [5, 5.41) is 10.4. The summed E-state index contributed by atoms with van der Waals surface area (Å²) in [4.78, 5) is 16.7. The number of carbonyl (C=O) groups is 1. The summed E-state index contributed by atoms with van der Waals surface area (Å²) in [6, 6.07) is 3.68. The van der Waals surface area contributed by atoms with Crippen LogP contribution in [0.1, 0.15) is 5.56 Å². The number of hydrogen-bond donors (Lipinski definition) is 2. The Bertz CT molecular complexity index is 495. The molecule has 0 aliphatic carbocycles. The van der Waals surface area contributed by atoms with E-state index in [2.05, 4.69) is 20.5 Å². The van der Waals surface area contributed by atoms with Crippen LogP contribution in [0.25, 0.3) is 0 Å². The lowest BCUT2D eigenvalue weighted by atomic mass is 10.3. The van der Waals surface area contributed by atoms with Gasteiger partial charge < -0.3 is 11.1 Å². The van der Waals surface area contributed by atoms with Gasteiger partial charge in [0.25, 0.3) is 0 Å². The Morgan fingerprint density at radius 2 is 2.18 bits per heavy atom. The van der Waals surface area contributed by atoms with Crippen molar-refractivity contribution in [2.75, 3.05) is 5.73 Å². The molecule has 7 nitrogen and oxygen atoms in total. The third-order valence-corrected chi connectivity index (χ3v) is 2.08. The van der Waals surface area contributed by atoms with Crippen molar-refractivity contribution >= 4 is 11.7 Å². The van der Waals surface area contributed by atoms with Crippen LogP contribution in [0.2, 0.25) is 0 Å². The van der Waals surface area contributed by atoms with Crippen LogP contribution in [-0.2, 0) is 17.9 Å². The third-order valence-electron chi connectivity index (χ3n) is 2.08. The van der Waals surface area contributed by atoms with Crippen molar-refractivity contribution in [1.82, 2.24) is 25.3 Å². The zero-order valence-corrected chi connectivity index (χ0v) is 9.08. The molecule has 0 atom stereocenters. The second kappa shape index (κ2) is 5.06. The Hall–Kier alpha value is -2.44. The quantitative estimate of drug-likeness (QED) is 0.745. The van der Waals surface area contributed by atoms with Crippen molar-refractivity contribution in [3.63, 3.8) is 0 Å². The second-order valence-electron chi connectivity index (χ2n) is 3.43. The van der Waals surface area contributed by atoms with Crippen molar-refractivity contribution < 1.29 is 4.79 Å². The van der Waals surface area contributed by atoms with Crippen LogP contribution in [0.15, 0.2) is 30.7 Å². The molecule has 0 fully saturated rings. The maximum absolute atomic E-state index is 11.5. The molecule has 2 rings (SSSR count). The van der Waals surface area contributed by atoms with Gasteiger partial charge in [0, 0.05) is 18.9 Å². The fourth-order valence-corrected chi connectivity index (χ4v) is 1.27. The maximum atomic E-state index is 11.5. The first-order chi connectivity index (χ1) is 8.24. The summed E-state index contributed by atoms with van der Waals surface area (Å²) in [5.41, 5.74) is 6.37. The minimum Gasteiger partial charge on any atom is -0.381 e. The summed E-state index contributed by atoms with van der Waals surface area (Å²) in [5.74, 6) is 0.129. The predicted octanol–water partition coefficient (Wildman–Crippen LogP) is -0.428. The number of rotatable bonds is 4. The molecule has 0 spiro atoms. The number of nitrogens with one attached hydrogen (secondary N) is 1. The molecule has 2 aromatic heterocycles. The predicted molar refractivity (Wildman–Crippen MR) is 60.5 cm³/mol. The van der Waals surface area contributed by atoms with E-state index in [0.29, 0.717) is 12.4 Å². The summed E-state index contributed by atoms with van der Waals surface area (Å²) < 4.78 is 0. The molecule has 7 heteroatoms. The van der Waals surface area contributed by atoms with Crippen molar-refractivity contribution in [2.45, 2.75) is 13.1 Å². The van der Waals surface area contributed by atoms with Crippen LogP contribution in [0, 0.1) is 0 Å². The van der Waals surface area contributed by atoms with Gasteiger partial charge in [-0.2, -0.15) is 9.90 Å². The van der Waals surface area contributed by atoms with Gasteiger partial charge in [0.1, 0.15) is 6.54 Å². The normalized spacial score (nSPS) is 10.1. The molecule has 0 aliphatic rings. The van der Waals surface area contributed by atoms with Gasteiger partial charge in [-0.15, -0.1) is 5.10 Å². The number of nitrogens with two attached hydrogens (primary N) is 1. The van der Waals surface area contributed by atoms with Gasteiger partial charge in [-0.25, -0.2) is 0 Å². The first-order valence-electron chi connectivity index (χ1n) is 5.05. The topological polar surface area (TPSA) is 98.7 Å². The molecular weight excluding hydrogens is 220 g/mol. The SMILES string of the molecule is Nc1cnn(CC(=O)NCc2ccncc2)n1. The van der Waals surface area contributed by atoms with Gasteiger partial charge in [-0.3, -0.25) is 9.78 Å². The fraction of sp³-hybridized carbons (Fsp3) is 0.200. The third kappa shape index (κ3) is 3.26. The molecular formula is C10H12N6O. The molecule has 2 heterocycles. The zero-order chi connectivity index (χ0) is 12.1. The molecule has 0 aliphatic heterocycles. The molecule has 1 amide bonds. The number of nitrogen functional groups attached to an aromatic ring is 1. The number of pyridine rings is 1. The van der Waals surface area contributed by atoms with Gasteiger partial charge in [-0.05, 0) is 17.7 Å². The summed E-state index contributed by atoms with van der Waals surface area (Å²) in [6.07, 6.45) is 4.75. The number of nitrogens with zero attached hydrogens (tertiary/aromatic N) is 4. The van der Waals surface area contributed by atoms with Gasteiger partial charge >= 0.3 is 0 Å². The van der Waals surface area contributed by atoms with Crippen molar-refractivity contribution in [3.8, 4) is 0 Å².